The lowest BCUT2D eigenvalue weighted by molar-refractivity contribution is -0.121. The Morgan fingerprint density at radius 2 is 1.96 bits per heavy atom. The molecule has 1 aliphatic heterocycles. The average Bonchev–Trinajstić information content (AvgIpc) is 3.34. The molecule has 2 heterocycles. The number of halogens is 1. The first-order valence-electron chi connectivity index (χ1n) is 9.30. The quantitative estimate of drug-likeness (QED) is 0.692. The first-order chi connectivity index (χ1) is 13.7. The topological polar surface area (TPSA) is 71.3 Å². The van der Waals surface area contributed by atoms with Crippen LogP contribution in [0.2, 0.25) is 5.02 Å². The largest absolute Gasteiger partial charge is 0.352 e. The number of aromatic nitrogens is 2. The summed E-state index contributed by atoms with van der Waals surface area (Å²) in [7, 11) is 0. The number of likely N-dealkylation sites (tertiary alicyclic amines) is 1. The lowest BCUT2D eigenvalue weighted by atomic mass is 10.1. The van der Waals surface area contributed by atoms with Gasteiger partial charge in [0.15, 0.2) is 5.82 Å². The molecule has 1 atom stereocenters. The molecule has 1 saturated heterocycles. The zero-order chi connectivity index (χ0) is 19.3. The molecule has 1 unspecified atom stereocenters. The maximum Gasteiger partial charge on any atom is 0.257 e. The smallest absolute Gasteiger partial charge is 0.257 e. The number of hydrogen-bond acceptors (Lipinski definition) is 5. The highest BCUT2D eigenvalue weighted by Crippen LogP contribution is 2.19. The van der Waals surface area contributed by atoms with Crippen LogP contribution in [0.4, 0.5) is 0 Å². The first-order valence-corrected chi connectivity index (χ1v) is 9.68. The summed E-state index contributed by atoms with van der Waals surface area (Å²) in [5.74, 6) is 1.17. The van der Waals surface area contributed by atoms with E-state index in [0.29, 0.717) is 29.7 Å². The van der Waals surface area contributed by atoms with Gasteiger partial charge < -0.3 is 9.84 Å². The van der Waals surface area contributed by atoms with E-state index >= 15 is 0 Å². The Bertz CT molecular complexity index is 944. The van der Waals surface area contributed by atoms with Gasteiger partial charge in [-0.15, -0.1) is 0 Å². The number of rotatable bonds is 6. The number of benzene rings is 2. The molecule has 28 heavy (non-hydrogen) atoms. The number of carbonyl (C=O) groups excluding carboxylic acids is 1. The van der Waals surface area contributed by atoms with Gasteiger partial charge in [0.05, 0.1) is 13.0 Å². The predicted octanol–water partition coefficient (Wildman–Crippen LogP) is 3.32. The lowest BCUT2D eigenvalue weighted by Gasteiger charge is -2.15. The molecular formula is C21H21ClN4O2. The molecule has 1 aromatic heterocycles. The summed E-state index contributed by atoms with van der Waals surface area (Å²) < 4.78 is 5.36. The molecule has 1 fully saturated rings. The first kappa shape index (κ1) is 18.7. The average molecular weight is 397 g/mol. The van der Waals surface area contributed by atoms with Crippen molar-refractivity contribution in [2.75, 3.05) is 13.1 Å². The Morgan fingerprint density at radius 1 is 1.18 bits per heavy atom. The van der Waals surface area contributed by atoms with Crippen LogP contribution in [0.15, 0.2) is 59.1 Å². The van der Waals surface area contributed by atoms with Crippen molar-refractivity contribution in [2.24, 2.45) is 0 Å². The van der Waals surface area contributed by atoms with Crippen LogP contribution in [-0.2, 0) is 17.8 Å². The van der Waals surface area contributed by atoms with E-state index in [1.54, 1.807) is 6.07 Å². The number of hydrogen-bond donors (Lipinski definition) is 1. The Morgan fingerprint density at radius 3 is 2.79 bits per heavy atom. The third-order valence-electron chi connectivity index (χ3n) is 4.80. The number of carbonyl (C=O) groups is 1. The zero-order valence-electron chi connectivity index (χ0n) is 15.3. The molecule has 0 radical (unpaired) electrons. The van der Waals surface area contributed by atoms with Crippen LogP contribution in [0.5, 0.6) is 0 Å². The summed E-state index contributed by atoms with van der Waals surface area (Å²) in [5, 5.41) is 7.80. The van der Waals surface area contributed by atoms with Crippen LogP contribution in [0.1, 0.15) is 17.8 Å². The van der Waals surface area contributed by atoms with Crippen molar-refractivity contribution in [1.29, 1.82) is 0 Å². The van der Waals surface area contributed by atoms with E-state index in [4.69, 9.17) is 16.1 Å². The van der Waals surface area contributed by atoms with E-state index in [0.717, 1.165) is 30.6 Å². The van der Waals surface area contributed by atoms with Gasteiger partial charge in [-0.3, -0.25) is 9.69 Å². The minimum atomic E-state index is -0.00845. The van der Waals surface area contributed by atoms with Gasteiger partial charge in [0.25, 0.3) is 5.89 Å². The Kier molecular flexibility index (Phi) is 5.69. The van der Waals surface area contributed by atoms with E-state index in [2.05, 4.69) is 20.4 Å². The molecule has 0 bridgehead atoms. The molecule has 4 rings (SSSR count). The van der Waals surface area contributed by atoms with E-state index in [-0.39, 0.29) is 11.9 Å². The van der Waals surface area contributed by atoms with Crippen LogP contribution in [0, 0.1) is 0 Å². The van der Waals surface area contributed by atoms with Crippen molar-refractivity contribution in [2.45, 2.75) is 25.4 Å². The lowest BCUT2D eigenvalue weighted by Crippen LogP contribution is -2.37. The van der Waals surface area contributed by atoms with Crippen LogP contribution in [0.3, 0.4) is 0 Å². The third-order valence-corrected chi connectivity index (χ3v) is 5.17. The van der Waals surface area contributed by atoms with Crippen LogP contribution >= 0.6 is 11.6 Å². The minimum absolute atomic E-state index is 0.00845. The van der Waals surface area contributed by atoms with E-state index < -0.39 is 0 Å². The Balaban J connectivity index is 1.28. The maximum atomic E-state index is 12.3. The fourth-order valence-electron chi connectivity index (χ4n) is 3.40. The fourth-order valence-corrected chi connectivity index (χ4v) is 3.61. The van der Waals surface area contributed by atoms with Gasteiger partial charge in [-0.1, -0.05) is 53.2 Å². The number of nitrogens with one attached hydrogen (secondary N) is 1. The van der Waals surface area contributed by atoms with Gasteiger partial charge in [-0.2, -0.15) is 4.98 Å². The standard InChI is InChI=1S/C21H21ClN4O2/c22-18-9-5-4-8-16(18)12-20(27)23-17-10-11-26(13-17)14-19-24-21(28-25-19)15-6-2-1-3-7-15/h1-9,17H,10-14H2,(H,23,27). The normalized spacial score (nSPS) is 17.0. The van der Waals surface area contributed by atoms with Crippen molar-refractivity contribution in [3.05, 3.63) is 71.0 Å². The molecule has 0 saturated carbocycles. The highest BCUT2D eigenvalue weighted by molar-refractivity contribution is 6.31. The fraction of sp³-hybridized carbons (Fsp3) is 0.286. The number of amides is 1. The summed E-state index contributed by atoms with van der Waals surface area (Å²) >= 11 is 6.13. The molecule has 2 aromatic carbocycles. The molecule has 0 spiro atoms. The summed E-state index contributed by atoms with van der Waals surface area (Å²) in [4.78, 5) is 19.0. The monoisotopic (exact) mass is 396 g/mol. The van der Waals surface area contributed by atoms with Gasteiger partial charge >= 0.3 is 0 Å². The van der Waals surface area contributed by atoms with Gasteiger partial charge in [0.2, 0.25) is 5.91 Å². The molecule has 1 amide bonds. The Labute approximate surface area is 168 Å². The highest BCUT2D eigenvalue weighted by Gasteiger charge is 2.25. The maximum absolute atomic E-state index is 12.3. The van der Waals surface area contributed by atoms with E-state index in [1.807, 2.05) is 48.5 Å². The second-order valence-electron chi connectivity index (χ2n) is 6.94. The molecule has 1 N–H and O–H groups in total. The summed E-state index contributed by atoms with van der Waals surface area (Å²) in [6.45, 7) is 2.25. The number of nitrogens with zero attached hydrogens (tertiary/aromatic N) is 3. The second-order valence-corrected chi connectivity index (χ2v) is 7.35. The van der Waals surface area contributed by atoms with Crippen molar-refractivity contribution >= 4 is 17.5 Å². The van der Waals surface area contributed by atoms with Gasteiger partial charge in [0.1, 0.15) is 0 Å². The Hall–Kier alpha value is -2.70. The van der Waals surface area contributed by atoms with Crippen molar-refractivity contribution in [3.8, 4) is 11.5 Å². The second kappa shape index (κ2) is 8.54. The van der Waals surface area contributed by atoms with Gasteiger partial charge in [-0.05, 0) is 30.2 Å². The van der Waals surface area contributed by atoms with Crippen LogP contribution in [-0.4, -0.2) is 40.1 Å². The summed E-state index contributed by atoms with van der Waals surface area (Å²) in [6, 6.07) is 17.3. The summed E-state index contributed by atoms with van der Waals surface area (Å²) in [5.41, 5.74) is 1.75. The van der Waals surface area contributed by atoms with Crippen molar-refractivity contribution < 1.29 is 9.32 Å². The van der Waals surface area contributed by atoms with Gasteiger partial charge in [-0.25, -0.2) is 0 Å². The summed E-state index contributed by atoms with van der Waals surface area (Å²) in [6.07, 6.45) is 1.19. The molecular weight excluding hydrogens is 376 g/mol. The third kappa shape index (κ3) is 4.58. The van der Waals surface area contributed by atoms with Crippen molar-refractivity contribution in [1.82, 2.24) is 20.4 Å². The van der Waals surface area contributed by atoms with Gasteiger partial charge in [0, 0.05) is 29.7 Å². The zero-order valence-corrected chi connectivity index (χ0v) is 16.1. The molecule has 144 valence electrons. The van der Waals surface area contributed by atoms with E-state index in [1.165, 1.54) is 0 Å². The molecule has 1 aliphatic rings. The molecule has 3 aromatic rings. The van der Waals surface area contributed by atoms with E-state index in [9.17, 15) is 4.79 Å². The molecule has 7 heteroatoms. The molecule has 6 nitrogen and oxygen atoms in total. The predicted molar refractivity (Wildman–Crippen MR) is 107 cm³/mol. The molecule has 0 aliphatic carbocycles. The van der Waals surface area contributed by atoms with Crippen molar-refractivity contribution in [3.63, 3.8) is 0 Å². The minimum Gasteiger partial charge on any atom is -0.352 e. The van der Waals surface area contributed by atoms with Crippen LogP contribution < -0.4 is 5.32 Å². The highest BCUT2D eigenvalue weighted by atomic mass is 35.5. The van der Waals surface area contributed by atoms with Crippen LogP contribution in [0.25, 0.3) is 11.5 Å². The SMILES string of the molecule is O=C(Cc1ccccc1Cl)NC1CCN(Cc2noc(-c3ccccc3)n2)C1.